The summed E-state index contributed by atoms with van der Waals surface area (Å²) in [6.45, 7) is 3.18. The van der Waals surface area contributed by atoms with Crippen LogP contribution in [-0.2, 0) is 24.3 Å². The highest BCUT2D eigenvalue weighted by molar-refractivity contribution is 5.78. The number of carbonyl (C=O) groups is 1. The van der Waals surface area contributed by atoms with Gasteiger partial charge in [0.05, 0.1) is 13.0 Å². The number of aromatic nitrogens is 3. The molecular weight excluding hydrogens is 290 g/mol. The second-order valence-electron chi connectivity index (χ2n) is 6.40. The van der Waals surface area contributed by atoms with Gasteiger partial charge >= 0.3 is 0 Å². The standard InChI is InChI=1S/C17H23N5O/c1-20(2)10-14-11-21-8-7-19-16(21)13-22(12-14)17(23)9-15-5-3-4-6-18-15/h3-8,14H,9-13H2,1-2H3. The molecule has 0 radical (unpaired) electrons. The number of hydrogen-bond acceptors (Lipinski definition) is 4. The molecule has 1 atom stereocenters. The number of imidazole rings is 1. The molecule has 0 bridgehead atoms. The van der Waals surface area contributed by atoms with E-state index in [1.54, 1.807) is 6.20 Å². The number of nitrogens with zero attached hydrogens (tertiary/aromatic N) is 5. The van der Waals surface area contributed by atoms with Crippen LogP contribution in [0.3, 0.4) is 0 Å². The molecule has 0 saturated heterocycles. The summed E-state index contributed by atoms with van der Waals surface area (Å²) >= 11 is 0. The first kappa shape index (κ1) is 15.7. The van der Waals surface area contributed by atoms with Gasteiger partial charge in [-0.25, -0.2) is 4.98 Å². The molecule has 0 aromatic carbocycles. The first-order valence-electron chi connectivity index (χ1n) is 7.94. The molecule has 0 fully saturated rings. The molecule has 1 aliphatic rings. The molecule has 122 valence electrons. The molecule has 3 heterocycles. The highest BCUT2D eigenvalue weighted by Crippen LogP contribution is 2.17. The third-order valence-corrected chi connectivity index (χ3v) is 4.10. The van der Waals surface area contributed by atoms with Gasteiger partial charge in [0.2, 0.25) is 5.91 Å². The van der Waals surface area contributed by atoms with Gasteiger partial charge in [0.25, 0.3) is 0 Å². The van der Waals surface area contributed by atoms with Crippen molar-refractivity contribution >= 4 is 5.91 Å². The largest absolute Gasteiger partial charge is 0.334 e. The Hall–Kier alpha value is -2.21. The summed E-state index contributed by atoms with van der Waals surface area (Å²) in [5, 5.41) is 0. The summed E-state index contributed by atoms with van der Waals surface area (Å²) in [4.78, 5) is 25.5. The predicted molar refractivity (Wildman–Crippen MR) is 87.6 cm³/mol. The van der Waals surface area contributed by atoms with E-state index in [-0.39, 0.29) is 5.91 Å². The van der Waals surface area contributed by atoms with Crippen LogP contribution in [0.25, 0.3) is 0 Å². The lowest BCUT2D eigenvalue weighted by Gasteiger charge is -2.26. The molecule has 0 saturated carbocycles. The molecule has 2 aromatic heterocycles. The van der Waals surface area contributed by atoms with E-state index in [0.717, 1.165) is 31.2 Å². The van der Waals surface area contributed by atoms with Crippen LogP contribution >= 0.6 is 0 Å². The van der Waals surface area contributed by atoms with E-state index in [2.05, 4.69) is 33.5 Å². The van der Waals surface area contributed by atoms with Crippen molar-refractivity contribution in [1.82, 2.24) is 24.3 Å². The number of rotatable bonds is 4. The van der Waals surface area contributed by atoms with Gasteiger partial charge in [-0.2, -0.15) is 0 Å². The molecule has 1 aliphatic heterocycles. The first-order chi connectivity index (χ1) is 11.1. The summed E-state index contributed by atoms with van der Waals surface area (Å²) in [5.41, 5.74) is 0.814. The Labute approximate surface area is 136 Å². The highest BCUT2D eigenvalue weighted by Gasteiger charge is 2.26. The van der Waals surface area contributed by atoms with Gasteiger partial charge in [-0.1, -0.05) is 6.07 Å². The molecule has 6 heteroatoms. The van der Waals surface area contributed by atoms with Crippen molar-refractivity contribution in [3.8, 4) is 0 Å². The van der Waals surface area contributed by atoms with Crippen molar-refractivity contribution < 1.29 is 4.79 Å². The SMILES string of the molecule is CN(C)CC1CN(C(=O)Cc2ccccn2)Cc2nccn2C1. The van der Waals surface area contributed by atoms with Crippen molar-refractivity contribution in [2.24, 2.45) is 5.92 Å². The monoisotopic (exact) mass is 313 g/mol. The van der Waals surface area contributed by atoms with Gasteiger partial charge in [0, 0.05) is 49.8 Å². The third-order valence-electron chi connectivity index (χ3n) is 4.10. The van der Waals surface area contributed by atoms with E-state index in [9.17, 15) is 4.79 Å². The van der Waals surface area contributed by atoms with Crippen molar-refractivity contribution in [2.75, 3.05) is 27.2 Å². The number of fused-ring (bicyclic) bond motifs is 1. The van der Waals surface area contributed by atoms with Crippen LogP contribution in [0.1, 0.15) is 11.5 Å². The number of carbonyl (C=O) groups excluding carboxylic acids is 1. The zero-order valence-electron chi connectivity index (χ0n) is 13.7. The van der Waals surface area contributed by atoms with Crippen LogP contribution in [0.5, 0.6) is 0 Å². The van der Waals surface area contributed by atoms with Crippen LogP contribution in [0, 0.1) is 5.92 Å². The summed E-state index contributed by atoms with van der Waals surface area (Å²) in [5.74, 6) is 1.47. The number of amides is 1. The zero-order valence-corrected chi connectivity index (χ0v) is 13.7. The second-order valence-corrected chi connectivity index (χ2v) is 6.40. The summed E-state index contributed by atoms with van der Waals surface area (Å²) < 4.78 is 2.17. The topological polar surface area (TPSA) is 54.3 Å². The summed E-state index contributed by atoms with van der Waals surface area (Å²) in [6.07, 6.45) is 5.89. The van der Waals surface area contributed by atoms with Gasteiger partial charge in [-0.15, -0.1) is 0 Å². The Bertz CT molecular complexity index is 652. The van der Waals surface area contributed by atoms with Gasteiger partial charge in [-0.3, -0.25) is 9.78 Å². The molecule has 0 spiro atoms. The number of pyridine rings is 1. The van der Waals surface area contributed by atoms with E-state index in [1.807, 2.05) is 35.5 Å². The van der Waals surface area contributed by atoms with Crippen molar-refractivity contribution in [1.29, 1.82) is 0 Å². The van der Waals surface area contributed by atoms with Crippen LogP contribution in [-0.4, -0.2) is 57.4 Å². The predicted octanol–water partition coefficient (Wildman–Crippen LogP) is 1.04. The smallest absolute Gasteiger partial charge is 0.229 e. The molecule has 0 N–H and O–H groups in total. The minimum Gasteiger partial charge on any atom is -0.334 e. The summed E-state index contributed by atoms with van der Waals surface area (Å²) in [7, 11) is 4.14. The maximum absolute atomic E-state index is 12.7. The Balaban J connectivity index is 1.76. The van der Waals surface area contributed by atoms with Crippen molar-refractivity contribution in [3.63, 3.8) is 0 Å². The Morgan fingerprint density at radius 2 is 2.13 bits per heavy atom. The Morgan fingerprint density at radius 1 is 1.26 bits per heavy atom. The fraction of sp³-hybridized carbons (Fsp3) is 0.471. The Kier molecular flexibility index (Phi) is 4.71. The third kappa shape index (κ3) is 3.96. The average molecular weight is 313 g/mol. The lowest BCUT2D eigenvalue weighted by molar-refractivity contribution is -0.131. The van der Waals surface area contributed by atoms with Gasteiger partial charge < -0.3 is 14.4 Å². The van der Waals surface area contributed by atoms with Gasteiger partial charge in [0.15, 0.2) is 0 Å². The second kappa shape index (κ2) is 6.91. The van der Waals surface area contributed by atoms with E-state index >= 15 is 0 Å². The lowest BCUT2D eigenvalue weighted by Crippen LogP contribution is -2.38. The van der Waals surface area contributed by atoms with Gasteiger partial charge in [0.1, 0.15) is 5.82 Å². The molecule has 2 aromatic rings. The fourth-order valence-electron chi connectivity index (χ4n) is 3.13. The molecule has 6 nitrogen and oxygen atoms in total. The van der Waals surface area contributed by atoms with Crippen LogP contribution in [0.4, 0.5) is 0 Å². The van der Waals surface area contributed by atoms with Crippen molar-refractivity contribution in [2.45, 2.75) is 19.5 Å². The molecule has 0 aliphatic carbocycles. The zero-order chi connectivity index (χ0) is 16.2. The molecule has 1 amide bonds. The minimum atomic E-state index is 0.115. The highest BCUT2D eigenvalue weighted by atomic mass is 16.2. The van der Waals surface area contributed by atoms with E-state index in [1.165, 1.54) is 0 Å². The van der Waals surface area contributed by atoms with Crippen molar-refractivity contribution in [3.05, 3.63) is 48.3 Å². The quantitative estimate of drug-likeness (QED) is 0.846. The molecular formula is C17H23N5O. The van der Waals surface area contributed by atoms with Crippen LogP contribution in [0.15, 0.2) is 36.8 Å². The molecule has 3 rings (SSSR count). The normalized spacial score (nSPS) is 17.9. The van der Waals surface area contributed by atoms with E-state index in [0.29, 0.717) is 18.9 Å². The van der Waals surface area contributed by atoms with Gasteiger partial charge in [-0.05, 0) is 26.2 Å². The molecule has 1 unspecified atom stereocenters. The lowest BCUT2D eigenvalue weighted by atomic mass is 10.1. The number of hydrogen-bond donors (Lipinski definition) is 0. The maximum Gasteiger partial charge on any atom is 0.229 e. The Morgan fingerprint density at radius 3 is 2.87 bits per heavy atom. The van der Waals surface area contributed by atoms with Crippen LogP contribution < -0.4 is 0 Å². The summed E-state index contributed by atoms with van der Waals surface area (Å²) in [6, 6.07) is 5.68. The van der Waals surface area contributed by atoms with E-state index in [4.69, 9.17) is 0 Å². The minimum absolute atomic E-state index is 0.115. The average Bonchev–Trinajstić information content (AvgIpc) is 2.86. The fourth-order valence-corrected chi connectivity index (χ4v) is 3.13. The molecule has 23 heavy (non-hydrogen) atoms. The van der Waals surface area contributed by atoms with E-state index < -0.39 is 0 Å². The maximum atomic E-state index is 12.7. The van der Waals surface area contributed by atoms with Crippen LogP contribution in [0.2, 0.25) is 0 Å². The first-order valence-corrected chi connectivity index (χ1v) is 7.94.